The predicted octanol–water partition coefficient (Wildman–Crippen LogP) is 0.318. The molecule has 0 aromatic carbocycles. The minimum atomic E-state index is 0.0878. The van der Waals surface area contributed by atoms with Gasteiger partial charge in [0.15, 0.2) is 5.84 Å². The zero-order chi connectivity index (χ0) is 13.0. The first-order valence-corrected chi connectivity index (χ1v) is 6.16. The third-order valence-electron chi connectivity index (χ3n) is 3.29. The summed E-state index contributed by atoms with van der Waals surface area (Å²) in [4.78, 5) is 9.03. The van der Waals surface area contributed by atoms with E-state index in [-0.39, 0.29) is 5.84 Å². The van der Waals surface area contributed by atoms with E-state index >= 15 is 0 Å². The number of nitrogens with two attached hydrogens (primary N) is 1. The molecule has 0 radical (unpaired) electrons. The number of piperazine rings is 1. The number of pyridine rings is 1. The fourth-order valence-corrected chi connectivity index (χ4v) is 2.08. The molecular weight excluding hydrogens is 230 g/mol. The van der Waals surface area contributed by atoms with Gasteiger partial charge in [-0.1, -0.05) is 12.1 Å². The van der Waals surface area contributed by atoms with Crippen LogP contribution in [0.5, 0.6) is 0 Å². The van der Waals surface area contributed by atoms with Gasteiger partial charge in [0.1, 0.15) is 5.82 Å². The summed E-state index contributed by atoms with van der Waals surface area (Å²) in [5.41, 5.74) is 6.13. The van der Waals surface area contributed by atoms with E-state index in [1.807, 2.05) is 12.1 Å². The van der Waals surface area contributed by atoms with Crippen molar-refractivity contribution in [2.24, 2.45) is 10.9 Å². The molecule has 98 valence electrons. The number of hydrogen-bond donors (Lipinski definition) is 2. The second-order valence-corrected chi connectivity index (χ2v) is 4.31. The maximum atomic E-state index is 8.58. The maximum absolute atomic E-state index is 8.58. The van der Waals surface area contributed by atoms with Crippen LogP contribution >= 0.6 is 0 Å². The summed E-state index contributed by atoms with van der Waals surface area (Å²) in [6.45, 7) is 7.40. The van der Waals surface area contributed by atoms with Crippen LogP contribution in [0, 0.1) is 0 Å². The first-order valence-electron chi connectivity index (χ1n) is 6.16. The van der Waals surface area contributed by atoms with Crippen molar-refractivity contribution in [3.05, 3.63) is 23.9 Å². The van der Waals surface area contributed by atoms with Crippen LogP contribution in [-0.4, -0.2) is 53.7 Å². The largest absolute Gasteiger partial charge is 0.409 e. The summed E-state index contributed by atoms with van der Waals surface area (Å²) >= 11 is 0. The third-order valence-corrected chi connectivity index (χ3v) is 3.29. The van der Waals surface area contributed by atoms with Gasteiger partial charge in [0.25, 0.3) is 0 Å². The normalized spacial score (nSPS) is 18.1. The van der Waals surface area contributed by atoms with Gasteiger partial charge in [0, 0.05) is 37.9 Å². The fourth-order valence-electron chi connectivity index (χ4n) is 2.08. The Morgan fingerprint density at radius 3 is 2.61 bits per heavy atom. The Hall–Kier alpha value is -1.82. The molecule has 0 aliphatic carbocycles. The Kier molecular flexibility index (Phi) is 3.99. The monoisotopic (exact) mass is 249 g/mol. The summed E-state index contributed by atoms with van der Waals surface area (Å²) in [7, 11) is 0. The molecule has 6 heteroatoms. The zero-order valence-electron chi connectivity index (χ0n) is 10.6. The molecular formula is C12H19N5O. The summed E-state index contributed by atoms with van der Waals surface area (Å²) in [6.07, 6.45) is 1.64. The lowest BCUT2D eigenvalue weighted by Crippen LogP contribution is -2.46. The van der Waals surface area contributed by atoms with Gasteiger partial charge in [-0.05, 0) is 18.7 Å². The molecule has 2 rings (SSSR count). The van der Waals surface area contributed by atoms with Gasteiger partial charge in [0.2, 0.25) is 0 Å². The van der Waals surface area contributed by atoms with Crippen molar-refractivity contribution < 1.29 is 5.21 Å². The number of rotatable bonds is 3. The number of anilines is 1. The lowest BCUT2D eigenvalue weighted by molar-refractivity contribution is 0.270. The third kappa shape index (κ3) is 2.70. The van der Waals surface area contributed by atoms with E-state index in [1.54, 1.807) is 6.20 Å². The molecule has 1 aromatic rings. The molecule has 1 aliphatic heterocycles. The van der Waals surface area contributed by atoms with Crippen molar-refractivity contribution in [2.75, 3.05) is 37.6 Å². The molecule has 0 amide bonds. The molecule has 0 spiro atoms. The van der Waals surface area contributed by atoms with Gasteiger partial charge >= 0.3 is 0 Å². The molecule has 0 saturated carbocycles. The molecule has 0 bridgehead atoms. The number of aromatic nitrogens is 1. The lowest BCUT2D eigenvalue weighted by Gasteiger charge is -2.34. The molecule has 2 heterocycles. The summed E-state index contributed by atoms with van der Waals surface area (Å²) in [5.74, 6) is 1.03. The first kappa shape index (κ1) is 12.6. The first-order chi connectivity index (χ1) is 8.74. The lowest BCUT2D eigenvalue weighted by atomic mass is 10.2. The SMILES string of the molecule is CCN1CCN(c2ccc(/C(N)=N/O)cn2)CC1. The molecule has 1 aliphatic rings. The van der Waals surface area contributed by atoms with Gasteiger partial charge in [-0.15, -0.1) is 0 Å². The highest BCUT2D eigenvalue weighted by Gasteiger charge is 2.16. The minimum Gasteiger partial charge on any atom is -0.409 e. The highest BCUT2D eigenvalue weighted by atomic mass is 16.4. The van der Waals surface area contributed by atoms with E-state index in [0.29, 0.717) is 5.56 Å². The second kappa shape index (κ2) is 5.68. The van der Waals surface area contributed by atoms with E-state index < -0.39 is 0 Å². The summed E-state index contributed by atoms with van der Waals surface area (Å²) in [6, 6.07) is 3.73. The molecule has 1 fully saturated rings. The molecule has 18 heavy (non-hydrogen) atoms. The van der Waals surface area contributed by atoms with Crippen LogP contribution in [0.2, 0.25) is 0 Å². The highest BCUT2D eigenvalue weighted by Crippen LogP contribution is 2.13. The van der Waals surface area contributed by atoms with Crippen molar-refractivity contribution in [1.29, 1.82) is 0 Å². The maximum Gasteiger partial charge on any atom is 0.171 e. The Balaban J connectivity index is 2.02. The standard InChI is InChI=1S/C12H19N5O/c1-2-16-5-7-17(8-6-16)11-4-3-10(9-14-11)12(13)15-18/h3-4,9,18H,2,5-8H2,1H3,(H2,13,15). The van der Waals surface area contributed by atoms with Crippen molar-refractivity contribution in [1.82, 2.24) is 9.88 Å². The van der Waals surface area contributed by atoms with E-state index in [4.69, 9.17) is 10.9 Å². The number of amidine groups is 1. The Morgan fingerprint density at radius 1 is 1.39 bits per heavy atom. The van der Waals surface area contributed by atoms with Crippen molar-refractivity contribution in [3.63, 3.8) is 0 Å². The topological polar surface area (TPSA) is 78.0 Å². The smallest absolute Gasteiger partial charge is 0.171 e. The Labute approximate surface area is 107 Å². The van der Waals surface area contributed by atoms with Gasteiger partial charge in [-0.25, -0.2) is 4.98 Å². The van der Waals surface area contributed by atoms with Gasteiger partial charge in [-0.3, -0.25) is 0 Å². The molecule has 1 aromatic heterocycles. The van der Waals surface area contributed by atoms with Gasteiger partial charge < -0.3 is 20.7 Å². The number of oxime groups is 1. The van der Waals surface area contributed by atoms with Gasteiger partial charge in [0.05, 0.1) is 0 Å². The predicted molar refractivity (Wildman–Crippen MR) is 71.1 cm³/mol. The minimum absolute atomic E-state index is 0.0878. The average molecular weight is 249 g/mol. The number of nitrogens with zero attached hydrogens (tertiary/aromatic N) is 4. The van der Waals surface area contributed by atoms with Crippen LogP contribution in [0.3, 0.4) is 0 Å². The fraction of sp³-hybridized carbons (Fsp3) is 0.500. The van der Waals surface area contributed by atoms with E-state index in [9.17, 15) is 0 Å². The number of likely N-dealkylation sites (N-methyl/N-ethyl adjacent to an activating group) is 1. The molecule has 0 unspecified atom stereocenters. The van der Waals surface area contributed by atoms with E-state index in [2.05, 4.69) is 26.9 Å². The molecule has 1 saturated heterocycles. The van der Waals surface area contributed by atoms with Crippen LogP contribution in [0.1, 0.15) is 12.5 Å². The van der Waals surface area contributed by atoms with E-state index in [0.717, 1.165) is 38.5 Å². The van der Waals surface area contributed by atoms with Crippen LogP contribution in [0.25, 0.3) is 0 Å². The summed E-state index contributed by atoms with van der Waals surface area (Å²) in [5, 5.41) is 11.5. The van der Waals surface area contributed by atoms with Crippen molar-refractivity contribution in [3.8, 4) is 0 Å². The molecule has 3 N–H and O–H groups in total. The number of hydrogen-bond acceptors (Lipinski definition) is 5. The van der Waals surface area contributed by atoms with Crippen LogP contribution < -0.4 is 10.6 Å². The van der Waals surface area contributed by atoms with Crippen LogP contribution in [0.4, 0.5) is 5.82 Å². The van der Waals surface area contributed by atoms with Crippen molar-refractivity contribution in [2.45, 2.75) is 6.92 Å². The van der Waals surface area contributed by atoms with Crippen molar-refractivity contribution >= 4 is 11.7 Å². The highest BCUT2D eigenvalue weighted by molar-refractivity contribution is 5.96. The Bertz CT molecular complexity index is 409. The second-order valence-electron chi connectivity index (χ2n) is 4.31. The van der Waals surface area contributed by atoms with Crippen LogP contribution in [-0.2, 0) is 0 Å². The Morgan fingerprint density at radius 2 is 2.11 bits per heavy atom. The average Bonchev–Trinajstić information content (AvgIpc) is 2.47. The summed E-state index contributed by atoms with van der Waals surface area (Å²) < 4.78 is 0. The van der Waals surface area contributed by atoms with Crippen LogP contribution in [0.15, 0.2) is 23.5 Å². The van der Waals surface area contributed by atoms with E-state index in [1.165, 1.54) is 0 Å². The molecule has 6 nitrogen and oxygen atoms in total. The van der Waals surface area contributed by atoms with Gasteiger partial charge in [-0.2, -0.15) is 0 Å². The quantitative estimate of drug-likeness (QED) is 0.349. The zero-order valence-corrected chi connectivity index (χ0v) is 10.6. The molecule has 0 atom stereocenters.